The molecule has 4 rings (SSSR count). The van der Waals surface area contributed by atoms with Crippen molar-refractivity contribution < 1.29 is 9.18 Å². The second kappa shape index (κ2) is 5.64. The van der Waals surface area contributed by atoms with E-state index in [4.69, 9.17) is 0 Å². The number of likely N-dealkylation sites (N-methyl/N-ethyl adjacent to an activating group) is 1. The Bertz CT molecular complexity index is 836. The maximum absolute atomic E-state index is 12.9. The molecule has 1 aromatic carbocycles. The van der Waals surface area contributed by atoms with Gasteiger partial charge >= 0.3 is 6.03 Å². The van der Waals surface area contributed by atoms with Gasteiger partial charge in [0.2, 0.25) is 0 Å². The molecule has 120 valence electrons. The van der Waals surface area contributed by atoms with Crippen LogP contribution in [0.5, 0.6) is 0 Å². The molecule has 0 spiro atoms. The summed E-state index contributed by atoms with van der Waals surface area (Å²) in [4.78, 5) is 20.3. The van der Waals surface area contributed by atoms with E-state index < -0.39 is 0 Å². The average molecular weight is 321 g/mol. The van der Waals surface area contributed by atoms with E-state index in [-0.39, 0.29) is 17.9 Å². The van der Waals surface area contributed by atoms with Gasteiger partial charge in [-0.25, -0.2) is 14.2 Å². The van der Waals surface area contributed by atoms with Crippen molar-refractivity contribution in [2.45, 2.75) is 24.9 Å². The number of carbonyl (C=O) groups is 1. The molecule has 0 unspecified atom stereocenters. The predicted molar refractivity (Wildman–Crippen MR) is 89.1 cm³/mol. The Labute approximate surface area is 139 Å². The molecule has 24 heavy (non-hydrogen) atoms. The molecule has 0 bridgehead atoms. The van der Waals surface area contributed by atoms with E-state index >= 15 is 0 Å². The Morgan fingerprint density at radius 1 is 1.04 bits per heavy atom. The molecule has 4 nitrogen and oxygen atoms in total. The van der Waals surface area contributed by atoms with Gasteiger partial charge in [0.15, 0.2) is 0 Å². The number of carbonyl (C=O) groups excluding carboxylic acids is 1. The van der Waals surface area contributed by atoms with Gasteiger partial charge in [-0.1, -0.05) is 11.8 Å². The van der Waals surface area contributed by atoms with E-state index in [9.17, 15) is 9.18 Å². The number of halogens is 1. The fourth-order valence-electron chi connectivity index (χ4n) is 3.22. The molecule has 2 fully saturated rings. The molecule has 1 aromatic heterocycles. The zero-order chi connectivity index (χ0) is 16.7. The van der Waals surface area contributed by atoms with Gasteiger partial charge in [-0.15, -0.1) is 0 Å². The quantitative estimate of drug-likeness (QED) is 0.757. The summed E-state index contributed by atoms with van der Waals surface area (Å²) in [7, 11) is 1.85. The summed E-state index contributed by atoms with van der Waals surface area (Å²) < 4.78 is 12.9. The average Bonchev–Trinajstić information content (AvgIpc) is 2.74. The van der Waals surface area contributed by atoms with E-state index in [2.05, 4.69) is 16.8 Å². The molecule has 1 aliphatic carbocycles. The number of fused-ring (bicyclic) bond motifs is 1. The molecule has 2 aliphatic rings. The van der Waals surface area contributed by atoms with Crippen LogP contribution in [0.25, 0.3) is 0 Å². The topological polar surface area (TPSA) is 36.4 Å². The number of hydrogen-bond donors (Lipinski definition) is 0. The number of hydrogen-bond acceptors (Lipinski definition) is 2. The van der Waals surface area contributed by atoms with Crippen LogP contribution in [0, 0.1) is 17.7 Å². The zero-order valence-electron chi connectivity index (χ0n) is 13.2. The van der Waals surface area contributed by atoms with Crippen LogP contribution < -0.4 is 4.90 Å². The lowest BCUT2D eigenvalue weighted by Crippen LogP contribution is -2.45. The zero-order valence-corrected chi connectivity index (χ0v) is 13.2. The third kappa shape index (κ3) is 2.41. The molecule has 0 N–H and O–H groups in total. The number of nitrogens with zero attached hydrogens (tertiary/aromatic N) is 3. The highest BCUT2D eigenvalue weighted by Gasteiger charge is 2.50. The second-order valence-corrected chi connectivity index (χ2v) is 6.14. The van der Waals surface area contributed by atoms with Crippen LogP contribution in [0.1, 0.15) is 24.0 Å². The highest BCUT2D eigenvalue weighted by molar-refractivity contribution is 5.95. The maximum Gasteiger partial charge on any atom is 0.326 e. The van der Waals surface area contributed by atoms with Crippen LogP contribution in [-0.2, 0) is 0 Å². The van der Waals surface area contributed by atoms with Gasteiger partial charge < -0.3 is 4.90 Å². The Balaban J connectivity index is 1.53. The monoisotopic (exact) mass is 321 g/mol. The molecular weight excluding hydrogens is 305 g/mol. The molecular formula is C19H16FN3O. The highest BCUT2D eigenvalue weighted by atomic mass is 19.1. The first-order valence-corrected chi connectivity index (χ1v) is 7.93. The van der Waals surface area contributed by atoms with E-state index in [1.165, 1.54) is 12.1 Å². The number of aromatic nitrogens is 1. The summed E-state index contributed by atoms with van der Waals surface area (Å²) in [6.07, 6.45) is 3.75. The summed E-state index contributed by atoms with van der Waals surface area (Å²) in [6.45, 7) is 0. The summed E-state index contributed by atoms with van der Waals surface area (Å²) in [6, 6.07) is 10.3. The first kappa shape index (κ1) is 14.7. The number of amides is 2. The minimum Gasteiger partial charge on any atom is -0.322 e. The number of rotatable bonds is 1. The Morgan fingerprint density at radius 3 is 2.29 bits per heavy atom. The fraction of sp³-hybridized carbons (Fsp3) is 0.263. The van der Waals surface area contributed by atoms with Crippen LogP contribution in [0.4, 0.5) is 15.0 Å². The number of pyridine rings is 1. The molecule has 1 saturated heterocycles. The first-order valence-electron chi connectivity index (χ1n) is 7.93. The van der Waals surface area contributed by atoms with Crippen molar-refractivity contribution in [1.29, 1.82) is 0 Å². The van der Waals surface area contributed by atoms with E-state index in [1.807, 2.05) is 19.2 Å². The summed E-state index contributed by atoms with van der Waals surface area (Å²) in [5.41, 5.74) is 1.50. The number of benzene rings is 1. The van der Waals surface area contributed by atoms with Crippen LogP contribution in [0.15, 0.2) is 42.6 Å². The molecule has 1 saturated carbocycles. The predicted octanol–water partition coefficient (Wildman–Crippen LogP) is 3.02. The molecule has 2 atom stereocenters. The summed E-state index contributed by atoms with van der Waals surface area (Å²) >= 11 is 0. The van der Waals surface area contributed by atoms with Crippen molar-refractivity contribution in [2.24, 2.45) is 0 Å². The minimum absolute atomic E-state index is 0.0140. The highest BCUT2D eigenvalue weighted by Crippen LogP contribution is 2.38. The van der Waals surface area contributed by atoms with E-state index in [1.54, 1.807) is 28.1 Å². The smallest absolute Gasteiger partial charge is 0.322 e. The molecule has 0 radical (unpaired) electrons. The van der Waals surface area contributed by atoms with Crippen molar-refractivity contribution in [3.8, 4) is 11.8 Å². The third-order valence-corrected chi connectivity index (χ3v) is 4.73. The largest absolute Gasteiger partial charge is 0.326 e. The SMILES string of the molecule is CN1C(=O)N(c2ccc(C#Cc3ccc(F)cc3)cn2)[C@@H]2CC[C@@H]21. The number of urea groups is 1. The normalized spacial score (nSPS) is 21.8. The van der Waals surface area contributed by atoms with E-state index in [0.717, 1.165) is 24.0 Å². The molecule has 2 aromatic rings. The first-order chi connectivity index (χ1) is 11.6. The van der Waals surface area contributed by atoms with Gasteiger partial charge in [-0.3, -0.25) is 4.90 Å². The van der Waals surface area contributed by atoms with Gasteiger partial charge in [0.1, 0.15) is 11.6 Å². The maximum atomic E-state index is 12.9. The third-order valence-electron chi connectivity index (χ3n) is 4.73. The molecule has 2 heterocycles. The van der Waals surface area contributed by atoms with Crippen molar-refractivity contribution in [3.63, 3.8) is 0 Å². The molecule has 2 amide bonds. The van der Waals surface area contributed by atoms with Gasteiger partial charge in [0.05, 0.1) is 12.1 Å². The summed E-state index contributed by atoms with van der Waals surface area (Å²) in [5.74, 6) is 6.37. The molecule has 1 aliphatic heterocycles. The van der Waals surface area contributed by atoms with Crippen LogP contribution >= 0.6 is 0 Å². The van der Waals surface area contributed by atoms with Crippen molar-refractivity contribution in [2.75, 3.05) is 11.9 Å². The van der Waals surface area contributed by atoms with Gasteiger partial charge in [0, 0.05) is 24.4 Å². The van der Waals surface area contributed by atoms with Crippen LogP contribution in [-0.4, -0.2) is 35.0 Å². The standard InChI is InChI=1S/C19H16FN3O/c1-22-16-9-10-17(16)23(19(22)24)18-11-6-14(12-21-18)3-2-13-4-7-15(20)8-5-13/h4-8,11-12,16-17H,9-10H2,1H3/t16-,17+/m0/s1. The Kier molecular flexibility index (Phi) is 3.46. The van der Waals surface area contributed by atoms with Crippen molar-refractivity contribution in [3.05, 3.63) is 59.5 Å². The van der Waals surface area contributed by atoms with Crippen LogP contribution in [0.2, 0.25) is 0 Å². The molecule has 5 heteroatoms. The van der Waals surface area contributed by atoms with Gasteiger partial charge in [-0.2, -0.15) is 0 Å². The van der Waals surface area contributed by atoms with Crippen molar-refractivity contribution >= 4 is 11.8 Å². The Hall–Kier alpha value is -2.87. The van der Waals surface area contributed by atoms with Crippen LogP contribution in [0.3, 0.4) is 0 Å². The lowest BCUT2D eigenvalue weighted by atomic mass is 9.86. The fourth-order valence-corrected chi connectivity index (χ4v) is 3.22. The number of anilines is 1. The van der Waals surface area contributed by atoms with Crippen molar-refractivity contribution in [1.82, 2.24) is 9.88 Å². The summed E-state index contributed by atoms with van der Waals surface area (Å²) in [5, 5.41) is 0. The lowest BCUT2D eigenvalue weighted by Gasteiger charge is -2.35. The Morgan fingerprint density at radius 2 is 1.71 bits per heavy atom. The van der Waals surface area contributed by atoms with E-state index in [0.29, 0.717) is 11.9 Å². The second-order valence-electron chi connectivity index (χ2n) is 6.14. The van der Waals surface area contributed by atoms with Gasteiger partial charge in [-0.05, 0) is 49.2 Å². The minimum atomic E-state index is -0.277. The lowest BCUT2D eigenvalue weighted by molar-refractivity contribution is 0.196. The van der Waals surface area contributed by atoms with Gasteiger partial charge in [0.25, 0.3) is 0 Å².